The van der Waals surface area contributed by atoms with Gasteiger partial charge in [-0.3, -0.25) is 4.79 Å². The van der Waals surface area contributed by atoms with Crippen molar-refractivity contribution < 1.29 is 19.4 Å². The van der Waals surface area contributed by atoms with Crippen molar-refractivity contribution in [3.05, 3.63) is 65.0 Å². The van der Waals surface area contributed by atoms with Crippen LogP contribution in [0.1, 0.15) is 16.7 Å². The number of aliphatic carboxylic acids is 1. The molecule has 0 aliphatic heterocycles. The molecule has 23 heavy (non-hydrogen) atoms. The zero-order valence-corrected chi connectivity index (χ0v) is 12.6. The van der Waals surface area contributed by atoms with Crippen molar-refractivity contribution in [1.82, 2.24) is 4.57 Å². The van der Waals surface area contributed by atoms with Crippen LogP contribution in [0.15, 0.2) is 42.5 Å². The van der Waals surface area contributed by atoms with Crippen molar-refractivity contribution >= 4 is 16.9 Å². The van der Waals surface area contributed by atoms with Crippen molar-refractivity contribution in [1.29, 1.82) is 0 Å². The highest BCUT2D eigenvalue weighted by molar-refractivity contribution is 5.93. The van der Waals surface area contributed by atoms with E-state index in [0.717, 1.165) is 5.56 Å². The second kappa shape index (κ2) is 5.76. The number of aryl methyl sites for hydroxylation is 1. The number of rotatable bonds is 4. The molecule has 0 radical (unpaired) electrons. The number of fused-ring (bicyclic) bond motifs is 1. The summed E-state index contributed by atoms with van der Waals surface area (Å²) in [6.45, 7) is 0. The lowest BCUT2D eigenvalue weighted by Crippen LogP contribution is -2.01. The maximum Gasteiger partial charge on any atom is 0.308 e. The highest BCUT2D eigenvalue weighted by Gasteiger charge is 2.20. The fourth-order valence-electron chi connectivity index (χ4n) is 2.96. The van der Waals surface area contributed by atoms with Crippen LogP contribution in [0, 0.1) is 5.82 Å². The van der Waals surface area contributed by atoms with Gasteiger partial charge in [-0.2, -0.15) is 0 Å². The summed E-state index contributed by atoms with van der Waals surface area (Å²) < 4.78 is 15.4. The highest BCUT2D eigenvalue weighted by Crippen LogP contribution is 2.35. The molecule has 0 bridgehead atoms. The van der Waals surface area contributed by atoms with Gasteiger partial charge in [0.2, 0.25) is 0 Å². The molecule has 118 valence electrons. The van der Waals surface area contributed by atoms with E-state index in [2.05, 4.69) is 0 Å². The molecule has 0 aliphatic rings. The molecular weight excluding hydrogens is 297 g/mol. The lowest BCUT2D eigenvalue weighted by atomic mass is 9.98. The molecule has 4 nitrogen and oxygen atoms in total. The third-order valence-corrected chi connectivity index (χ3v) is 3.98. The molecule has 1 heterocycles. The Morgan fingerprint density at radius 3 is 2.57 bits per heavy atom. The average molecular weight is 313 g/mol. The number of carboxylic acids is 1. The van der Waals surface area contributed by atoms with Crippen molar-refractivity contribution in [2.75, 3.05) is 0 Å². The molecule has 0 aliphatic carbocycles. The Morgan fingerprint density at radius 1 is 1.22 bits per heavy atom. The van der Waals surface area contributed by atoms with E-state index in [1.165, 1.54) is 16.7 Å². The number of carbonyl (C=O) groups is 1. The van der Waals surface area contributed by atoms with Crippen molar-refractivity contribution in [3.8, 4) is 5.88 Å². The second-order valence-corrected chi connectivity index (χ2v) is 5.55. The first kappa shape index (κ1) is 15.1. The maximum atomic E-state index is 14.0. The second-order valence-electron chi connectivity index (χ2n) is 5.55. The van der Waals surface area contributed by atoms with Gasteiger partial charge in [0.15, 0.2) is 5.88 Å². The van der Waals surface area contributed by atoms with E-state index in [9.17, 15) is 14.3 Å². The lowest BCUT2D eigenvalue weighted by molar-refractivity contribution is -0.136. The fourth-order valence-corrected chi connectivity index (χ4v) is 2.96. The first-order valence-corrected chi connectivity index (χ1v) is 7.21. The van der Waals surface area contributed by atoms with Crippen LogP contribution in [0.4, 0.5) is 4.39 Å². The third kappa shape index (κ3) is 2.77. The van der Waals surface area contributed by atoms with Gasteiger partial charge in [0.05, 0.1) is 11.9 Å². The van der Waals surface area contributed by atoms with Gasteiger partial charge in [0.1, 0.15) is 5.82 Å². The van der Waals surface area contributed by atoms with Gasteiger partial charge < -0.3 is 14.8 Å². The summed E-state index contributed by atoms with van der Waals surface area (Å²) in [5.74, 6) is -1.59. The van der Waals surface area contributed by atoms with E-state index in [-0.39, 0.29) is 12.3 Å². The number of aromatic nitrogens is 1. The number of benzene rings is 2. The van der Waals surface area contributed by atoms with E-state index in [0.29, 0.717) is 28.5 Å². The Hall–Kier alpha value is -2.82. The Bertz CT molecular complexity index is 884. The first-order valence-electron chi connectivity index (χ1n) is 7.21. The predicted molar refractivity (Wildman–Crippen MR) is 85.1 cm³/mol. The smallest absolute Gasteiger partial charge is 0.308 e. The first-order chi connectivity index (χ1) is 11.0. The number of halogens is 1. The van der Waals surface area contributed by atoms with Crippen LogP contribution < -0.4 is 0 Å². The normalized spacial score (nSPS) is 11.0. The molecule has 0 unspecified atom stereocenters. The topological polar surface area (TPSA) is 62.5 Å². The molecule has 2 aromatic carbocycles. The predicted octanol–water partition coefficient (Wildman–Crippen LogP) is 3.24. The fraction of sp³-hybridized carbons (Fsp3) is 0.167. The molecule has 0 saturated carbocycles. The van der Waals surface area contributed by atoms with Crippen LogP contribution >= 0.6 is 0 Å². The largest absolute Gasteiger partial charge is 0.494 e. The minimum atomic E-state index is -1.04. The van der Waals surface area contributed by atoms with Crippen LogP contribution in [0.5, 0.6) is 5.88 Å². The Kier molecular flexibility index (Phi) is 3.78. The number of nitrogens with zero attached hydrogens (tertiary/aromatic N) is 1. The molecule has 0 spiro atoms. The monoisotopic (exact) mass is 313 g/mol. The van der Waals surface area contributed by atoms with Crippen LogP contribution in [-0.4, -0.2) is 20.7 Å². The van der Waals surface area contributed by atoms with Crippen LogP contribution in [0.3, 0.4) is 0 Å². The van der Waals surface area contributed by atoms with Gasteiger partial charge in [0.25, 0.3) is 0 Å². The average Bonchev–Trinajstić information content (AvgIpc) is 2.73. The molecule has 0 fully saturated rings. The number of hydrogen-bond donors (Lipinski definition) is 2. The Morgan fingerprint density at radius 2 is 1.91 bits per heavy atom. The van der Waals surface area contributed by atoms with Crippen molar-refractivity contribution in [2.24, 2.45) is 7.05 Å². The lowest BCUT2D eigenvalue weighted by Gasteiger charge is -2.07. The van der Waals surface area contributed by atoms with Gasteiger partial charge in [0, 0.05) is 18.0 Å². The summed E-state index contributed by atoms with van der Waals surface area (Å²) in [6.07, 6.45) is 0.155. The molecule has 5 heteroatoms. The minimum absolute atomic E-state index is 0.137. The molecule has 0 atom stereocenters. The molecule has 3 aromatic rings. The van der Waals surface area contributed by atoms with Crippen molar-refractivity contribution in [2.45, 2.75) is 12.8 Å². The molecular formula is C18H16FNO3. The SMILES string of the molecule is Cn1c(O)c(CC(=O)O)c2c(Cc3ccccc3)cc(F)cc21. The van der Waals surface area contributed by atoms with E-state index < -0.39 is 11.8 Å². The zero-order valence-electron chi connectivity index (χ0n) is 12.6. The van der Waals surface area contributed by atoms with Gasteiger partial charge in [-0.05, 0) is 29.7 Å². The molecule has 3 rings (SSSR count). The van der Waals surface area contributed by atoms with Crippen molar-refractivity contribution in [3.63, 3.8) is 0 Å². The maximum absolute atomic E-state index is 14.0. The minimum Gasteiger partial charge on any atom is -0.494 e. The van der Waals surface area contributed by atoms with Crippen LogP contribution in [0.25, 0.3) is 10.9 Å². The molecule has 1 aromatic heterocycles. The molecule has 2 N–H and O–H groups in total. The van der Waals surface area contributed by atoms with Gasteiger partial charge in [-0.25, -0.2) is 4.39 Å². The van der Waals surface area contributed by atoms with Crippen LogP contribution in [-0.2, 0) is 24.7 Å². The standard InChI is InChI=1S/C18H16FNO3/c1-20-15-9-13(19)8-12(7-11-5-3-2-4-6-11)17(15)14(18(20)23)10-16(21)22/h2-6,8-9,23H,7,10H2,1H3,(H,21,22). The zero-order chi connectivity index (χ0) is 16.6. The third-order valence-electron chi connectivity index (χ3n) is 3.98. The highest BCUT2D eigenvalue weighted by atomic mass is 19.1. The molecule has 0 saturated heterocycles. The summed E-state index contributed by atoms with van der Waals surface area (Å²) in [7, 11) is 1.59. The molecule has 0 amide bonds. The van der Waals surface area contributed by atoms with E-state index in [4.69, 9.17) is 5.11 Å². The summed E-state index contributed by atoms with van der Waals surface area (Å²) in [5, 5.41) is 19.9. The number of carboxylic acid groups (broad SMARTS) is 1. The summed E-state index contributed by atoms with van der Waals surface area (Å²) in [6, 6.07) is 12.3. The number of hydrogen-bond acceptors (Lipinski definition) is 2. The van der Waals surface area contributed by atoms with Crippen LogP contribution in [0.2, 0.25) is 0 Å². The Balaban J connectivity index is 2.23. The van der Waals surface area contributed by atoms with Gasteiger partial charge in [-0.1, -0.05) is 30.3 Å². The van der Waals surface area contributed by atoms with E-state index >= 15 is 0 Å². The van der Waals surface area contributed by atoms with Gasteiger partial charge in [-0.15, -0.1) is 0 Å². The summed E-state index contributed by atoms with van der Waals surface area (Å²) >= 11 is 0. The summed E-state index contributed by atoms with van der Waals surface area (Å²) in [4.78, 5) is 11.1. The van der Waals surface area contributed by atoms with E-state index in [1.54, 1.807) is 7.05 Å². The quantitative estimate of drug-likeness (QED) is 0.777. The van der Waals surface area contributed by atoms with Gasteiger partial charge >= 0.3 is 5.97 Å². The number of aromatic hydroxyl groups is 1. The van der Waals surface area contributed by atoms with E-state index in [1.807, 2.05) is 30.3 Å². The Labute approximate surface area is 132 Å². The summed E-state index contributed by atoms with van der Waals surface area (Å²) in [5.41, 5.74) is 2.47.